The second kappa shape index (κ2) is 6.60. The standard InChI is InChI=1S/C16H14F3N3O3S/c17-16(18,19)12-5-3-11(4-6-12)10-20-15(23)13-2-1-7-22-8-9-26(24,25)21-14(13)22/h1-7H,8-10H2,(H,20,23). The van der Waals surface area contributed by atoms with E-state index in [1.807, 2.05) is 0 Å². The van der Waals surface area contributed by atoms with E-state index < -0.39 is 27.7 Å². The van der Waals surface area contributed by atoms with E-state index in [0.29, 0.717) is 5.56 Å². The first-order valence-corrected chi connectivity index (χ1v) is 9.19. The van der Waals surface area contributed by atoms with Gasteiger partial charge in [-0.2, -0.15) is 13.2 Å². The average molecular weight is 385 g/mol. The molecule has 0 atom stereocenters. The van der Waals surface area contributed by atoms with Gasteiger partial charge in [0.1, 0.15) is 0 Å². The summed E-state index contributed by atoms with van der Waals surface area (Å²) in [7, 11) is -3.62. The predicted molar refractivity (Wildman–Crippen MR) is 88.4 cm³/mol. The molecule has 0 aromatic heterocycles. The number of hydrogen-bond donors (Lipinski definition) is 1. The number of rotatable bonds is 3. The Kier molecular flexibility index (Phi) is 4.61. The molecule has 1 N–H and O–H groups in total. The Morgan fingerprint density at radius 1 is 1.23 bits per heavy atom. The summed E-state index contributed by atoms with van der Waals surface area (Å²) in [5, 5.41) is 2.56. The van der Waals surface area contributed by atoms with Crippen LogP contribution in [-0.2, 0) is 27.5 Å². The largest absolute Gasteiger partial charge is 0.416 e. The van der Waals surface area contributed by atoms with E-state index in [4.69, 9.17) is 0 Å². The SMILES string of the molecule is O=C(NCc1ccc(C(F)(F)F)cc1)C1=CC=CN2CCS(=O)(=O)N=C12. The third kappa shape index (κ3) is 3.96. The number of fused-ring (bicyclic) bond motifs is 1. The minimum Gasteiger partial charge on any atom is -0.348 e. The predicted octanol–water partition coefficient (Wildman–Crippen LogP) is 1.82. The molecular weight excluding hydrogens is 371 g/mol. The molecule has 0 saturated carbocycles. The Hall–Kier alpha value is -2.62. The number of sulfonamides is 1. The van der Waals surface area contributed by atoms with Gasteiger partial charge < -0.3 is 10.2 Å². The highest BCUT2D eigenvalue weighted by Gasteiger charge is 2.31. The minimum atomic E-state index is -4.42. The summed E-state index contributed by atoms with van der Waals surface area (Å²) < 4.78 is 64.6. The van der Waals surface area contributed by atoms with Crippen LogP contribution in [0.15, 0.2) is 52.6 Å². The van der Waals surface area contributed by atoms with Crippen LogP contribution >= 0.6 is 0 Å². The van der Waals surface area contributed by atoms with Gasteiger partial charge in [0.05, 0.1) is 16.9 Å². The maximum Gasteiger partial charge on any atom is 0.416 e. The van der Waals surface area contributed by atoms with Crippen molar-refractivity contribution < 1.29 is 26.4 Å². The average Bonchev–Trinajstić information content (AvgIpc) is 2.58. The number of carbonyl (C=O) groups is 1. The van der Waals surface area contributed by atoms with Crippen molar-refractivity contribution in [2.75, 3.05) is 12.3 Å². The summed E-state index contributed by atoms with van der Waals surface area (Å²) in [5.41, 5.74) is -0.207. The molecule has 2 heterocycles. The molecule has 0 bridgehead atoms. The van der Waals surface area contributed by atoms with Crippen molar-refractivity contribution >= 4 is 21.8 Å². The number of halogens is 3. The van der Waals surface area contributed by atoms with Crippen LogP contribution in [0.4, 0.5) is 13.2 Å². The molecule has 1 amide bonds. The van der Waals surface area contributed by atoms with E-state index in [2.05, 4.69) is 9.71 Å². The first kappa shape index (κ1) is 18.2. The fourth-order valence-corrected chi connectivity index (χ4v) is 3.47. The van der Waals surface area contributed by atoms with Gasteiger partial charge in [0, 0.05) is 19.3 Å². The Labute approximate surface area is 147 Å². The number of carbonyl (C=O) groups excluding carboxylic acids is 1. The van der Waals surface area contributed by atoms with Crippen LogP contribution in [0.5, 0.6) is 0 Å². The molecule has 2 aliphatic rings. The van der Waals surface area contributed by atoms with E-state index >= 15 is 0 Å². The molecule has 0 unspecified atom stereocenters. The fourth-order valence-electron chi connectivity index (χ4n) is 2.48. The van der Waals surface area contributed by atoms with Gasteiger partial charge in [-0.25, -0.2) is 8.42 Å². The van der Waals surface area contributed by atoms with Crippen LogP contribution in [0.25, 0.3) is 0 Å². The number of amidine groups is 1. The zero-order chi connectivity index (χ0) is 18.9. The van der Waals surface area contributed by atoms with Crippen LogP contribution in [0.1, 0.15) is 11.1 Å². The van der Waals surface area contributed by atoms with Gasteiger partial charge in [-0.15, -0.1) is 4.40 Å². The quantitative estimate of drug-likeness (QED) is 0.861. The molecule has 3 rings (SSSR count). The smallest absolute Gasteiger partial charge is 0.348 e. The summed E-state index contributed by atoms with van der Waals surface area (Å²) in [5.74, 6) is -0.653. The highest BCUT2D eigenvalue weighted by molar-refractivity contribution is 7.90. The van der Waals surface area contributed by atoms with Crippen molar-refractivity contribution in [1.29, 1.82) is 0 Å². The van der Waals surface area contributed by atoms with Gasteiger partial charge >= 0.3 is 6.18 Å². The molecule has 1 aromatic carbocycles. The molecule has 10 heteroatoms. The Bertz CT molecular complexity index is 916. The van der Waals surface area contributed by atoms with Crippen molar-refractivity contribution in [3.8, 4) is 0 Å². The molecule has 0 radical (unpaired) electrons. The van der Waals surface area contributed by atoms with E-state index in [1.165, 1.54) is 18.2 Å². The first-order chi connectivity index (χ1) is 12.2. The lowest BCUT2D eigenvalue weighted by Gasteiger charge is -2.28. The van der Waals surface area contributed by atoms with E-state index in [9.17, 15) is 26.4 Å². The number of nitrogens with one attached hydrogen (secondary N) is 1. The number of amides is 1. The molecule has 1 aromatic rings. The van der Waals surface area contributed by atoms with Crippen molar-refractivity contribution in [3.05, 3.63) is 59.3 Å². The Morgan fingerprint density at radius 3 is 2.58 bits per heavy atom. The summed E-state index contributed by atoms with van der Waals surface area (Å²) in [6.07, 6.45) is 0.248. The zero-order valence-electron chi connectivity index (χ0n) is 13.3. The number of benzene rings is 1. The first-order valence-electron chi connectivity index (χ1n) is 7.58. The molecular formula is C16H14F3N3O3S. The molecule has 0 spiro atoms. The monoisotopic (exact) mass is 385 g/mol. The van der Waals surface area contributed by atoms with Gasteiger partial charge in [0.25, 0.3) is 15.9 Å². The van der Waals surface area contributed by atoms with Gasteiger partial charge in [-0.1, -0.05) is 12.1 Å². The van der Waals surface area contributed by atoms with E-state index in [0.717, 1.165) is 12.1 Å². The maximum atomic E-state index is 12.5. The lowest BCUT2D eigenvalue weighted by Crippen LogP contribution is -2.42. The van der Waals surface area contributed by atoms with Crippen molar-refractivity contribution in [2.24, 2.45) is 4.40 Å². The lowest BCUT2D eigenvalue weighted by atomic mass is 10.1. The highest BCUT2D eigenvalue weighted by atomic mass is 32.2. The van der Waals surface area contributed by atoms with Crippen molar-refractivity contribution in [1.82, 2.24) is 10.2 Å². The molecule has 26 heavy (non-hydrogen) atoms. The fraction of sp³-hybridized carbons (Fsp3) is 0.250. The van der Waals surface area contributed by atoms with Gasteiger partial charge in [-0.05, 0) is 29.8 Å². The molecule has 0 aliphatic carbocycles. The third-order valence-corrected chi connectivity index (χ3v) is 4.99. The molecule has 0 fully saturated rings. The third-order valence-electron chi connectivity index (χ3n) is 3.84. The van der Waals surface area contributed by atoms with Crippen LogP contribution < -0.4 is 5.32 Å². The summed E-state index contributed by atoms with van der Waals surface area (Å²) in [6.45, 7) is 0.194. The molecule has 138 valence electrons. The van der Waals surface area contributed by atoms with Gasteiger partial charge in [0.2, 0.25) is 0 Å². The summed E-state index contributed by atoms with van der Waals surface area (Å²) in [4.78, 5) is 13.9. The topological polar surface area (TPSA) is 78.8 Å². The zero-order valence-corrected chi connectivity index (χ0v) is 14.1. The number of allylic oxidation sites excluding steroid dienone is 2. The van der Waals surface area contributed by atoms with Crippen LogP contribution in [-0.4, -0.2) is 37.4 Å². The number of nitrogens with zero attached hydrogens (tertiary/aromatic N) is 2. The van der Waals surface area contributed by atoms with Gasteiger partial charge in [-0.3, -0.25) is 4.79 Å². The summed E-state index contributed by atoms with van der Waals surface area (Å²) in [6, 6.07) is 4.41. The summed E-state index contributed by atoms with van der Waals surface area (Å²) >= 11 is 0. The second-order valence-corrected chi connectivity index (χ2v) is 7.45. The van der Waals surface area contributed by atoms with E-state index in [-0.39, 0.29) is 30.3 Å². The van der Waals surface area contributed by atoms with Crippen LogP contribution in [0, 0.1) is 0 Å². The maximum absolute atomic E-state index is 12.5. The van der Waals surface area contributed by atoms with Crippen LogP contribution in [0.2, 0.25) is 0 Å². The van der Waals surface area contributed by atoms with E-state index in [1.54, 1.807) is 17.2 Å². The second-order valence-electron chi connectivity index (χ2n) is 5.69. The molecule has 6 nitrogen and oxygen atoms in total. The van der Waals surface area contributed by atoms with Gasteiger partial charge in [0.15, 0.2) is 5.84 Å². The minimum absolute atomic E-state index is 0.00193. The Morgan fingerprint density at radius 2 is 1.92 bits per heavy atom. The normalized spacial score (nSPS) is 18.7. The van der Waals surface area contributed by atoms with Crippen molar-refractivity contribution in [3.63, 3.8) is 0 Å². The number of hydrogen-bond acceptors (Lipinski definition) is 4. The number of alkyl halides is 3. The highest BCUT2D eigenvalue weighted by Crippen LogP contribution is 2.29. The lowest BCUT2D eigenvalue weighted by molar-refractivity contribution is -0.137. The van der Waals surface area contributed by atoms with Crippen molar-refractivity contribution in [2.45, 2.75) is 12.7 Å². The van der Waals surface area contributed by atoms with Crippen LogP contribution in [0.3, 0.4) is 0 Å². The molecule has 2 aliphatic heterocycles. The Balaban J connectivity index is 1.71. The molecule has 0 saturated heterocycles.